The number of carbonyl (C=O) groups excluding carboxylic acids is 5. The molecule has 780 valence electrons. The molecule has 144 heavy (non-hydrogen) atoms. The molecule has 5 aromatic heterocycles. The molecular weight excluding hydrogens is 1850 g/mol. The molecule has 34 nitrogen and oxygen atoms in total. The van der Waals surface area contributed by atoms with Gasteiger partial charge in [0.2, 0.25) is 41.6 Å². The van der Waals surface area contributed by atoms with E-state index in [1.807, 2.05) is 108 Å². The lowest BCUT2D eigenvalue weighted by Crippen LogP contribution is -2.31. The van der Waals surface area contributed by atoms with E-state index >= 15 is 0 Å². The van der Waals surface area contributed by atoms with Crippen molar-refractivity contribution < 1.29 is 50.3 Å². The van der Waals surface area contributed by atoms with Crippen LogP contribution in [0.25, 0.3) is 0 Å². The van der Waals surface area contributed by atoms with Crippen LogP contribution in [-0.4, -0.2) is 200 Å². The molecule has 1 aliphatic heterocycles. The average molecular weight is 2000 g/mol. The Kier molecular flexibility index (Phi) is 46.1. The van der Waals surface area contributed by atoms with Crippen LogP contribution >= 0.6 is 0 Å². The van der Waals surface area contributed by atoms with Gasteiger partial charge in [0, 0.05) is 181 Å². The van der Waals surface area contributed by atoms with Crippen LogP contribution in [0.3, 0.4) is 0 Å². The molecule has 6 heterocycles. The summed E-state index contributed by atoms with van der Waals surface area (Å²) < 4.78 is 75.3. The monoisotopic (exact) mass is 2000 g/mol. The Morgan fingerprint density at radius 2 is 0.722 bits per heavy atom. The normalized spacial score (nSPS) is 13.2. The predicted octanol–water partition coefficient (Wildman–Crippen LogP) is 17.4. The second-order valence-electron chi connectivity index (χ2n) is 40.1. The first-order valence-electron chi connectivity index (χ1n) is 47.7. The third-order valence-corrected chi connectivity index (χ3v) is 21.8. The molecule has 10 aromatic rings. The Morgan fingerprint density at radius 3 is 1.06 bits per heavy atom. The van der Waals surface area contributed by atoms with Crippen molar-refractivity contribution >= 4 is 111 Å². The van der Waals surface area contributed by atoms with Crippen molar-refractivity contribution in [2.75, 3.05) is 155 Å². The van der Waals surface area contributed by atoms with Gasteiger partial charge < -0.3 is 95.3 Å². The van der Waals surface area contributed by atoms with Crippen LogP contribution in [0.4, 0.5) is 108 Å². The summed E-state index contributed by atoms with van der Waals surface area (Å²) in [7, 11) is 15.7. The second-order valence-corrected chi connectivity index (χ2v) is 40.1. The van der Waals surface area contributed by atoms with Crippen LogP contribution in [0.2, 0.25) is 0 Å². The number of nitrogens with zero attached hydrogens (tertiary/aromatic N) is 14. The number of nitrogens with two attached hydrogens (primary N) is 2. The fourth-order valence-corrected chi connectivity index (χ4v) is 14.8. The van der Waals surface area contributed by atoms with E-state index in [2.05, 4.69) is 193 Å². The van der Waals surface area contributed by atoms with E-state index in [1.54, 1.807) is 89.7 Å². The number of hydrogen-bond donors (Lipinski definition) is 15. The minimum Gasteiger partial charge on any atom is -0.398 e. The molecule has 5 aromatic carbocycles. The third kappa shape index (κ3) is 41.4. The van der Waals surface area contributed by atoms with Crippen molar-refractivity contribution in [3.63, 3.8) is 0 Å². The predicted molar refractivity (Wildman–Crippen MR) is 564 cm³/mol. The zero-order chi connectivity index (χ0) is 107. The number of aromatic nitrogens is 10. The van der Waals surface area contributed by atoms with Gasteiger partial charge in [-0.1, -0.05) is 139 Å². The summed E-state index contributed by atoms with van der Waals surface area (Å²) in [4.78, 5) is 103. The van der Waals surface area contributed by atoms with Gasteiger partial charge in [-0.15, -0.1) is 0 Å². The van der Waals surface area contributed by atoms with Crippen LogP contribution in [0.15, 0.2) is 115 Å². The lowest BCUT2D eigenvalue weighted by Gasteiger charge is -2.28. The van der Waals surface area contributed by atoms with Gasteiger partial charge in [0.25, 0.3) is 29.5 Å². The standard InChI is InChI=1S/C24H34N8O.C24H36N6O.C19H26FN5O.C13H12F2N4O.C9H12N2O.C6H15N.C5H11N.C4HF3N2/c1-15-7-8-16(22(33)26-5)11-19(15)29-21-18(12-25)20(28-17-9-10-27-13-17)30-23(31-21)32(6)14-24(2,3)4;1-16-11-12-17(22(31)25-5)13-19(16)27-21-14-20(26-18-9-7-8-10-18)28-23(29-21)30(6)15-24(2,3)4;1-12-7-8-13(17(26)21-5)9-14(12)22-16-10-15(20)23-18(24-16)25(6)11-19(2,3)4;1-7-3-4-8(12(20)16-2)5-9(7)17-11-6-10(14)18-13(15)19-11;1-6-3-4-7(5-8(6)10)9(12)11-2;1-6(2,3)5-7-4;6-5-3-1-2-4-5;5-2-1-3(6)9-4(7)8-2/h7-8,11,17,27H,9-10,13-14H2,1-6H3,(H,26,33)(H2,28,29,30,31);11-14,18H,7-10,15H2,1-6H3,(H,25,31)(H2,26,27,28,29);7-10H,11H2,1-6H3,(H,21,26)(H,22,23,24);3-6H,1-2H3,(H,16,20)(H,17,18,19);3-5H,10H2,1-2H3,(H,11,12);7H,5H2,1-4H3;5H,1-4,6H2;1H. The fraction of sp³-hybridized carbons (Fsp3) is 0.462. The molecule has 40 heteroatoms. The van der Waals surface area contributed by atoms with E-state index in [0.29, 0.717) is 127 Å². The van der Waals surface area contributed by atoms with E-state index in [0.717, 1.165) is 84.5 Å². The highest BCUT2D eigenvalue weighted by Gasteiger charge is 2.27. The summed E-state index contributed by atoms with van der Waals surface area (Å²) in [5.41, 5.74) is 22.9. The molecule has 1 saturated heterocycles. The first-order chi connectivity index (χ1) is 67.6. The molecule has 1 atom stereocenters. The minimum atomic E-state index is -1.40. The minimum absolute atomic E-state index is 0.0212. The Morgan fingerprint density at radius 1 is 0.389 bits per heavy atom. The van der Waals surface area contributed by atoms with Crippen LogP contribution < -0.4 is 95.3 Å². The van der Waals surface area contributed by atoms with Crippen LogP contribution in [0.1, 0.15) is 226 Å². The Hall–Kier alpha value is -14.2. The smallest absolute Gasteiger partial charge is 0.313 e. The Balaban J connectivity index is 0.000000266. The largest absolute Gasteiger partial charge is 0.398 e. The highest BCUT2D eigenvalue weighted by Crippen LogP contribution is 2.34. The highest BCUT2D eigenvalue weighted by molar-refractivity contribution is 5.98. The number of nitriles is 1. The highest BCUT2D eigenvalue weighted by atomic mass is 19.2. The zero-order valence-corrected chi connectivity index (χ0v) is 88.0. The number of carbonyl (C=O) groups is 5. The number of halogens is 6. The number of aryl methyl sites for hydroxylation is 5. The molecule has 2 aliphatic carbocycles. The summed E-state index contributed by atoms with van der Waals surface area (Å²) >= 11 is 0. The first kappa shape index (κ1) is 119. The number of nitrogen functional groups attached to an aromatic ring is 1. The summed E-state index contributed by atoms with van der Waals surface area (Å²) in [5.74, 6) is -0.540. The summed E-state index contributed by atoms with van der Waals surface area (Å²) in [6, 6.07) is 34.6. The topological polar surface area (TPSA) is 456 Å². The SMILES string of the molecule is CNC(=O)c1ccc(C)c(N)c1.CNC(=O)c1ccc(C)c(Nc2cc(F)nc(F)n2)c1.CNC(=O)c1ccc(C)c(Nc2cc(F)nc(N(C)CC(C)(C)C)n2)c1.CNC(=O)c1ccc(C)c(Nc2cc(NC3CCCC3)nc(N(C)CC(C)(C)C)n2)c1.CNC(=O)c1ccc(C)c(Nc2nc(N(C)CC(C)(C)C)nc(NC3CCNC3)c2C#N)c1.CNCC(C)(C)C.Fc1cc(F)nc(F)n1.NC1CCCC1. The summed E-state index contributed by atoms with van der Waals surface area (Å²) in [6.45, 7) is 40.7. The van der Waals surface area contributed by atoms with Gasteiger partial charge >= 0.3 is 12.2 Å². The summed E-state index contributed by atoms with van der Waals surface area (Å²) in [5, 5.41) is 49.0. The molecule has 0 radical (unpaired) electrons. The van der Waals surface area contributed by atoms with Crippen molar-refractivity contribution in [2.45, 2.75) is 194 Å². The van der Waals surface area contributed by atoms with Gasteiger partial charge in [-0.05, 0) is 197 Å². The van der Waals surface area contributed by atoms with Gasteiger partial charge in [0.1, 0.15) is 34.9 Å². The number of anilines is 14. The van der Waals surface area contributed by atoms with Crippen LogP contribution in [0.5, 0.6) is 0 Å². The molecule has 13 rings (SSSR count). The number of hydrogen-bond acceptors (Lipinski definition) is 29. The molecule has 3 aliphatic rings. The molecule has 3 fully saturated rings. The van der Waals surface area contributed by atoms with Gasteiger partial charge in [-0.25, -0.2) is 0 Å². The van der Waals surface area contributed by atoms with Crippen molar-refractivity contribution in [1.82, 2.24) is 87.1 Å². The number of benzene rings is 5. The number of rotatable bonds is 24. The van der Waals surface area contributed by atoms with Crippen molar-refractivity contribution in [1.29, 1.82) is 5.26 Å². The fourth-order valence-electron chi connectivity index (χ4n) is 14.8. The molecule has 5 amide bonds. The van der Waals surface area contributed by atoms with Crippen LogP contribution in [-0.2, 0) is 0 Å². The average Bonchev–Trinajstić information content (AvgIpc) is 0.923. The first-order valence-corrected chi connectivity index (χ1v) is 47.7. The molecule has 1 unspecified atom stereocenters. The van der Waals surface area contributed by atoms with E-state index in [4.69, 9.17) is 31.4 Å². The lowest BCUT2D eigenvalue weighted by molar-refractivity contribution is 0.0955. The van der Waals surface area contributed by atoms with Gasteiger partial charge in [-0.3, -0.25) is 24.0 Å². The van der Waals surface area contributed by atoms with E-state index < -0.39 is 35.9 Å². The quantitative estimate of drug-likeness (QED) is 0.0116. The van der Waals surface area contributed by atoms with Gasteiger partial charge in [0.15, 0.2) is 11.6 Å². The number of nitrogens with one attached hydrogen (secondary N) is 13. The summed E-state index contributed by atoms with van der Waals surface area (Å²) in [6.07, 6.45) is 8.52. The maximum atomic E-state index is 14.0. The maximum Gasteiger partial charge on any atom is 0.313 e. The molecule has 0 spiro atoms. The number of amides is 5. The van der Waals surface area contributed by atoms with Gasteiger partial charge in [-0.2, -0.15) is 81.4 Å². The maximum absolute atomic E-state index is 14.0. The zero-order valence-electron chi connectivity index (χ0n) is 88.0. The van der Waals surface area contributed by atoms with E-state index in [9.17, 15) is 55.6 Å². The van der Waals surface area contributed by atoms with Crippen molar-refractivity contribution in [3.05, 3.63) is 212 Å². The van der Waals surface area contributed by atoms with Crippen molar-refractivity contribution in [2.24, 2.45) is 27.4 Å². The van der Waals surface area contributed by atoms with Crippen molar-refractivity contribution in [3.8, 4) is 6.07 Å². The van der Waals surface area contributed by atoms with E-state index in [-0.39, 0.29) is 57.6 Å². The second kappa shape index (κ2) is 56.0. The lowest BCUT2D eigenvalue weighted by atomic mass is 9.96. The van der Waals surface area contributed by atoms with Crippen LogP contribution in [0, 0.1) is 104 Å². The Bertz CT molecular complexity index is 5880. The van der Waals surface area contributed by atoms with Gasteiger partial charge in [0.05, 0.1) is 0 Å². The van der Waals surface area contributed by atoms with E-state index in [1.165, 1.54) is 64.5 Å². The molecule has 0 bridgehead atoms. The third-order valence-electron chi connectivity index (χ3n) is 21.8. The molecule has 2 saturated carbocycles. The Labute approximate surface area is 843 Å². The molecular formula is C104H147F6N29O5. The molecule has 17 N–H and O–H groups in total.